The molecule has 1 aliphatic heterocycles. The summed E-state index contributed by atoms with van der Waals surface area (Å²) in [5.74, 6) is -0.875. The number of carbonyl (C=O) groups excluding carboxylic acids is 2. The third kappa shape index (κ3) is 3.23. The molecule has 144 valence electrons. The molecule has 7 heteroatoms. The highest BCUT2D eigenvalue weighted by Crippen LogP contribution is 2.41. The van der Waals surface area contributed by atoms with Gasteiger partial charge in [0.1, 0.15) is 17.3 Å². The lowest BCUT2D eigenvalue weighted by atomic mass is 9.96. The smallest absolute Gasteiger partial charge is 0.301 e. The summed E-state index contributed by atoms with van der Waals surface area (Å²) in [4.78, 5) is 35.4. The average molecular weight is 387 g/mol. The second-order valence-corrected chi connectivity index (χ2v) is 6.37. The van der Waals surface area contributed by atoms with Crippen LogP contribution in [0.1, 0.15) is 17.2 Å². The van der Waals surface area contributed by atoms with E-state index in [1.54, 1.807) is 73.2 Å². The zero-order valence-corrected chi connectivity index (χ0v) is 15.5. The van der Waals surface area contributed by atoms with E-state index in [0.29, 0.717) is 22.7 Å². The zero-order chi connectivity index (χ0) is 20.4. The normalized spacial score (nSPS) is 18.1. The van der Waals surface area contributed by atoms with E-state index in [0.717, 1.165) is 0 Å². The van der Waals surface area contributed by atoms with E-state index >= 15 is 0 Å². The van der Waals surface area contributed by atoms with E-state index in [2.05, 4.69) is 9.97 Å². The molecule has 29 heavy (non-hydrogen) atoms. The first-order chi connectivity index (χ1) is 14.1. The van der Waals surface area contributed by atoms with Crippen LogP contribution in [0.5, 0.6) is 5.75 Å². The van der Waals surface area contributed by atoms with E-state index in [1.165, 1.54) is 12.0 Å². The average Bonchev–Trinajstić information content (AvgIpc) is 3.05. The molecule has 0 unspecified atom stereocenters. The Bertz CT molecular complexity index is 1080. The van der Waals surface area contributed by atoms with E-state index in [4.69, 9.17) is 4.74 Å². The lowest BCUT2D eigenvalue weighted by molar-refractivity contribution is -0.132. The molecule has 1 aliphatic rings. The maximum atomic E-state index is 12.9. The molecule has 1 saturated heterocycles. The molecule has 0 spiro atoms. The first-order valence-electron chi connectivity index (χ1n) is 8.88. The highest BCUT2D eigenvalue weighted by atomic mass is 16.5. The summed E-state index contributed by atoms with van der Waals surface area (Å²) in [7, 11) is 1.54. The predicted octanol–water partition coefficient (Wildman–Crippen LogP) is 3.11. The molecular weight excluding hydrogens is 370 g/mol. The van der Waals surface area contributed by atoms with E-state index < -0.39 is 17.7 Å². The number of aromatic nitrogens is 2. The molecular formula is C22H17N3O4. The highest BCUT2D eigenvalue weighted by Gasteiger charge is 2.47. The van der Waals surface area contributed by atoms with Crippen LogP contribution in [0, 0.1) is 0 Å². The van der Waals surface area contributed by atoms with Gasteiger partial charge >= 0.3 is 5.91 Å². The van der Waals surface area contributed by atoms with Crippen LogP contribution in [0.3, 0.4) is 0 Å². The fraction of sp³-hybridized carbons (Fsp3) is 0.0909. The van der Waals surface area contributed by atoms with Crippen LogP contribution in [0.4, 0.5) is 5.82 Å². The van der Waals surface area contributed by atoms with Crippen molar-refractivity contribution in [2.75, 3.05) is 12.0 Å². The van der Waals surface area contributed by atoms with Gasteiger partial charge in [0.15, 0.2) is 0 Å². The standard InChI is InChI=1S/C22H17N3O4/c1-29-16-9-7-14(8-10-16)20(26)18-19(15-5-4-11-23-13-15)25(22(28)21(18)27)17-6-2-3-12-24-17/h2-13,19,26H,1H3/b20-18+/t19-/m1/s1. The predicted molar refractivity (Wildman–Crippen MR) is 106 cm³/mol. The van der Waals surface area contributed by atoms with Crippen LogP contribution < -0.4 is 9.64 Å². The van der Waals surface area contributed by atoms with Gasteiger partial charge in [-0.25, -0.2) is 4.98 Å². The van der Waals surface area contributed by atoms with Crippen molar-refractivity contribution in [2.45, 2.75) is 6.04 Å². The summed E-state index contributed by atoms with van der Waals surface area (Å²) < 4.78 is 5.13. The van der Waals surface area contributed by atoms with Crippen molar-refractivity contribution in [2.24, 2.45) is 0 Å². The van der Waals surface area contributed by atoms with Crippen LogP contribution in [0.25, 0.3) is 5.76 Å². The summed E-state index contributed by atoms with van der Waals surface area (Å²) >= 11 is 0. The van der Waals surface area contributed by atoms with Gasteiger partial charge in [0.05, 0.1) is 18.7 Å². The van der Waals surface area contributed by atoms with Gasteiger partial charge in [-0.15, -0.1) is 0 Å². The van der Waals surface area contributed by atoms with Crippen molar-refractivity contribution in [3.05, 3.63) is 89.9 Å². The van der Waals surface area contributed by atoms with Gasteiger partial charge in [-0.3, -0.25) is 19.5 Å². The van der Waals surface area contributed by atoms with E-state index in [-0.39, 0.29) is 11.3 Å². The summed E-state index contributed by atoms with van der Waals surface area (Å²) in [6.45, 7) is 0. The molecule has 0 bridgehead atoms. The van der Waals surface area contributed by atoms with Crippen LogP contribution in [-0.2, 0) is 9.59 Å². The molecule has 1 N–H and O–H groups in total. The lowest BCUT2D eigenvalue weighted by Gasteiger charge is -2.24. The number of Topliss-reactive ketones (excluding diaryl/α,β-unsaturated/α-hetero) is 1. The number of hydrogen-bond donors (Lipinski definition) is 1. The number of aliphatic hydroxyl groups is 1. The van der Waals surface area contributed by atoms with Gasteiger partial charge in [-0.05, 0) is 48.0 Å². The fourth-order valence-electron chi connectivity index (χ4n) is 3.32. The first kappa shape index (κ1) is 18.4. The van der Waals surface area contributed by atoms with Crippen molar-refractivity contribution in [3.8, 4) is 5.75 Å². The zero-order valence-electron chi connectivity index (χ0n) is 15.5. The van der Waals surface area contributed by atoms with Crippen LogP contribution in [0.2, 0.25) is 0 Å². The Hall–Kier alpha value is -4.00. The second kappa shape index (κ2) is 7.55. The number of amides is 1. The van der Waals surface area contributed by atoms with E-state index in [1.807, 2.05) is 0 Å². The molecule has 1 amide bonds. The second-order valence-electron chi connectivity index (χ2n) is 6.37. The molecule has 2 aromatic heterocycles. The molecule has 0 radical (unpaired) electrons. The monoisotopic (exact) mass is 387 g/mol. The number of ether oxygens (including phenoxy) is 1. The molecule has 1 atom stereocenters. The van der Waals surface area contributed by atoms with E-state index in [9.17, 15) is 14.7 Å². The summed E-state index contributed by atoms with van der Waals surface area (Å²) in [5.41, 5.74) is 0.977. The number of anilines is 1. The Balaban J connectivity index is 1.91. The Labute approximate surface area is 166 Å². The van der Waals surface area contributed by atoms with Gasteiger partial charge in [0.25, 0.3) is 5.78 Å². The number of benzene rings is 1. The number of nitrogens with zero attached hydrogens (tertiary/aromatic N) is 3. The molecule has 0 saturated carbocycles. The lowest BCUT2D eigenvalue weighted by Crippen LogP contribution is -2.30. The maximum Gasteiger partial charge on any atom is 0.301 e. The summed E-state index contributed by atoms with van der Waals surface area (Å²) in [6.07, 6.45) is 4.70. The van der Waals surface area contributed by atoms with Gasteiger partial charge in [-0.2, -0.15) is 0 Å². The largest absolute Gasteiger partial charge is 0.507 e. The topological polar surface area (TPSA) is 92.6 Å². The number of hydrogen-bond acceptors (Lipinski definition) is 6. The Kier molecular flexibility index (Phi) is 4.78. The van der Waals surface area contributed by atoms with Gasteiger partial charge in [-0.1, -0.05) is 12.1 Å². The van der Waals surface area contributed by atoms with Crippen LogP contribution >= 0.6 is 0 Å². The van der Waals surface area contributed by atoms with Crippen molar-refractivity contribution in [1.82, 2.24) is 9.97 Å². The minimum absolute atomic E-state index is 0.0150. The highest BCUT2D eigenvalue weighted by molar-refractivity contribution is 6.51. The molecule has 7 nitrogen and oxygen atoms in total. The quantitative estimate of drug-likeness (QED) is 0.420. The van der Waals surface area contributed by atoms with Crippen LogP contribution in [0.15, 0.2) is 78.8 Å². The third-order valence-corrected chi connectivity index (χ3v) is 4.70. The number of aliphatic hydroxyl groups excluding tert-OH is 1. The Morgan fingerprint density at radius 2 is 1.83 bits per heavy atom. The summed E-state index contributed by atoms with van der Waals surface area (Å²) in [5, 5.41) is 11.0. The number of carbonyl (C=O) groups is 2. The third-order valence-electron chi connectivity index (χ3n) is 4.70. The minimum Gasteiger partial charge on any atom is -0.507 e. The molecule has 1 fully saturated rings. The number of methoxy groups -OCH3 is 1. The molecule has 4 rings (SSSR count). The summed E-state index contributed by atoms with van der Waals surface area (Å²) in [6, 6.07) is 14.3. The molecule has 0 aliphatic carbocycles. The van der Waals surface area contributed by atoms with Gasteiger partial charge in [0, 0.05) is 24.2 Å². The SMILES string of the molecule is COc1ccc(/C(O)=C2\C(=O)C(=O)N(c3ccccn3)[C@@H]2c2cccnc2)cc1. The number of ketones is 1. The van der Waals surface area contributed by atoms with Gasteiger partial charge in [0.2, 0.25) is 0 Å². The fourth-order valence-corrected chi connectivity index (χ4v) is 3.32. The first-order valence-corrected chi connectivity index (χ1v) is 8.88. The van der Waals surface area contributed by atoms with Crippen molar-refractivity contribution in [1.29, 1.82) is 0 Å². The van der Waals surface area contributed by atoms with Gasteiger partial charge < -0.3 is 9.84 Å². The van der Waals surface area contributed by atoms with Crippen molar-refractivity contribution < 1.29 is 19.4 Å². The van der Waals surface area contributed by atoms with Crippen molar-refractivity contribution in [3.63, 3.8) is 0 Å². The molecule has 1 aromatic carbocycles. The minimum atomic E-state index is -0.847. The van der Waals surface area contributed by atoms with Crippen molar-refractivity contribution >= 4 is 23.3 Å². The Morgan fingerprint density at radius 3 is 2.45 bits per heavy atom. The number of rotatable bonds is 4. The van der Waals surface area contributed by atoms with Crippen LogP contribution in [-0.4, -0.2) is 33.9 Å². The number of pyridine rings is 2. The molecule has 3 aromatic rings. The maximum absolute atomic E-state index is 12.9. The Morgan fingerprint density at radius 1 is 1.03 bits per heavy atom. The molecule has 3 heterocycles.